The summed E-state index contributed by atoms with van der Waals surface area (Å²) in [7, 11) is 0. The summed E-state index contributed by atoms with van der Waals surface area (Å²) in [6.45, 7) is 1.69. The second-order valence-electron chi connectivity index (χ2n) is 5.95. The van der Waals surface area contributed by atoms with Gasteiger partial charge < -0.3 is 10.1 Å². The van der Waals surface area contributed by atoms with Crippen LogP contribution in [0.3, 0.4) is 0 Å². The average molecular weight is 284 g/mol. The lowest BCUT2D eigenvalue weighted by Crippen LogP contribution is -2.29. The van der Waals surface area contributed by atoms with Crippen molar-refractivity contribution in [1.29, 1.82) is 0 Å². The molecule has 2 N–H and O–H groups in total. The zero-order valence-corrected chi connectivity index (χ0v) is 12.0. The highest BCUT2D eigenvalue weighted by molar-refractivity contribution is 5.59. The molecule has 1 saturated carbocycles. The van der Waals surface area contributed by atoms with Gasteiger partial charge in [0.05, 0.1) is 6.61 Å². The third-order valence-electron chi connectivity index (χ3n) is 4.14. The lowest BCUT2D eigenvalue weighted by atomic mass is 10.1. The topological polar surface area (TPSA) is 62.8 Å². The number of ether oxygens (including phenoxy) is 1. The Labute approximate surface area is 124 Å². The first-order chi connectivity index (χ1) is 10.4. The predicted molar refractivity (Wildman–Crippen MR) is 81.3 cm³/mol. The highest BCUT2D eigenvalue weighted by Gasteiger charge is 2.27. The van der Waals surface area contributed by atoms with Crippen LogP contribution in [0.1, 0.15) is 37.4 Å². The number of nitrogens with one attached hydrogen (secondary N) is 2. The molecule has 5 nitrogen and oxygen atoms in total. The van der Waals surface area contributed by atoms with Crippen LogP contribution in [0.4, 0.5) is 5.69 Å². The number of aromatic amines is 1. The summed E-state index contributed by atoms with van der Waals surface area (Å²) in [5.74, 6) is 2.44. The molecule has 5 heteroatoms. The molecule has 1 aromatic heterocycles. The Kier molecular flexibility index (Phi) is 3.35. The molecule has 110 valence electrons. The van der Waals surface area contributed by atoms with Crippen LogP contribution < -0.4 is 5.32 Å². The quantitative estimate of drug-likeness (QED) is 0.906. The van der Waals surface area contributed by atoms with E-state index < -0.39 is 0 Å². The van der Waals surface area contributed by atoms with E-state index in [9.17, 15) is 0 Å². The molecule has 0 unspecified atom stereocenters. The van der Waals surface area contributed by atoms with E-state index in [4.69, 9.17) is 4.74 Å². The standard InChI is InChI=1S/C16H20N4O/c1-2-14(10-21-9-1)17-13-7-5-12(6-8-13)16-18-15(19-20-16)11-3-4-11/h5-8,11,14,17H,1-4,9-10H2,(H,18,19,20)/t14-/m0/s1. The van der Waals surface area contributed by atoms with E-state index in [1.165, 1.54) is 19.3 Å². The molecule has 0 bridgehead atoms. The van der Waals surface area contributed by atoms with E-state index in [1.54, 1.807) is 0 Å². The van der Waals surface area contributed by atoms with Gasteiger partial charge in [-0.3, -0.25) is 5.10 Å². The summed E-state index contributed by atoms with van der Waals surface area (Å²) in [4.78, 5) is 4.58. The zero-order chi connectivity index (χ0) is 14.1. The van der Waals surface area contributed by atoms with Crippen molar-refractivity contribution in [2.45, 2.75) is 37.6 Å². The fourth-order valence-electron chi connectivity index (χ4n) is 2.75. The van der Waals surface area contributed by atoms with Crippen molar-refractivity contribution < 1.29 is 4.74 Å². The third-order valence-corrected chi connectivity index (χ3v) is 4.14. The maximum atomic E-state index is 5.49. The van der Waals surface area contributed by atoms with Crippen LogP contribution in [0.5, 0.6) is 0 Å². The number of benzene rings is 1. The van der Waals surface area contributed by atoms with Gasteiger partial charge in [0, 0.05) is 29.8 Å². The smallest absolute Gasteiger partial charge is 0.181 e. The summed E-state index contributed by atoms with van der Waals surface area (Å²) in [5, 5.41) is 10.9. The fourth-order valence-corrected chi connectivity index (χ4v) is 2.75. The SMILES string of the molecule is c1cc(-c2n[nH]c(C3CC3)n2)ccc1N[C@H]1CCCOC1. The molecule has 1 aromatic carbocycles. The zero-order valence-electron chi connectivity index (χ0n) is 12.0. The Morgan fingerprint density at radius 1 is 1.14 bits per heavy atom. The molecule has 1 aliphatic heterocycles. The van der Waals surface area contributed by atoms with Gasteiger partial charge in [-0.15, -0.1) is 0 Å². The van der Waals surface area contributed by atoms with Crippen molar-refractivity contribution in [3.63, 3.8) is 0 Å². The number of nitrogens with zero attached hydrogens (tertiary/aromatic N) is 2. The van der Waals surface area contributed by atoms with Crippen molar-refractivity contribution in [2.24, 2.45) is 0 Å². The van der Waals surface area contributed by atoms with Gasteiger partial charge >= 0.3 is 0 Å². The molecule has 1 aliphatic carbocycles. The maximum absolute atomic E-state index is 5.49. The van der Waals surface area contributed by atoms with E-state index in [0.29, 0.717) is 12.0 Å². The third kappa shape index (κ3) is 2.93. The molecule has 0 radical (unpaired) electrons. The highest BCUT2D eigenvalue weighted by atomic mass is 16.5. The van der Waals surface area contributed by atoms with Gasteiger partial charge in [-0.2, -0.15) is 5.10 Å². The summed E-state index contributed by atoms with van der Waals surface area (Å²) < 4.78 is 5.49. The first-order valence-corrected chi connectivity index (χ1v) is 7.75. The van der Waals surface area contributed by atoms with Gasteiger partial charge in [0.1, 0.15) is 5.82 Å². The Morgan fingerprint density at radius 2 is 2.00 bits per heavy atom. The molecule has 4 rings (SSSR count). The van der Waals surface area contributed by atoms with Gasteiger partial charge in [0.2, 0.25) is 0 Å². The Balaban J connectivity index is 1.44. The van der Waals surface area contributed by atoms with Crippen molar-refractivity contribution in [2.75, 3.05) is 18.5 Å². The van der Waals surface area contributed by atoms with E-state index >= 15 is 0 Å². The van der Waals surface area contributed by atoms with E-state index in [-0.39, 0.29) is 0 Å². The van der Waals surface area contributed by atoms with Gasteiger partial charge in [0.15, 0.2) is 5.82 Å². The van der Waals surface area contributed by atoms with Crippen LogP contribution in [-0.2, 0) is 4.74 Å². The van der Waals surface area contributed by atoms with Crippen LogP contribution in [0, 0.1) is 0 Å². The van der Waals surface area contributed by atoms with Crippen molar-refractivity contribution in [3.8, 4) is 11.4 Å². The fraction of sp³-hybridized carbons (Fsp3) is 0.500. The molecule has 2 fully saturated rings. The van der Waals surface area contributed by atoms with Gasteiger partial charge in [-0.05, 0) is 49.9 Å². The lowest BCUT2D eigenvalue weighted by molar-refractivity contribution is 0.0876. The monoisotopic (exact) mass is 284 g/mol. The molecule has 0 amide bonds. The molecule has 2 aliphatic rings. The first kappa shape index (κ1) is 12.8. The van der Waals surface area contributed by atoms with E-state index in [2.05, 4.69) is 44.8 Å². The van der Waals surface area contributed by atoms with E-state index in [0.717, 1.165) is 42.5 Å². The summed E-state index contributed by atoms with van der Waals surface area (Å²) in [6, 6.07) is 8.76. The molecule has 1 atom stereocenters. The number of H-pyrrole nitrogens is 1. The largest absolute Gasteiger partial charge is 0.380 e. The van der Waals surface area contributed by atoms with Crippen molar-refractivity contribution >= 4 is 5.69 Å². The second kappa shape index (κ2) is 5.48. The van der Waals surface area contributed by atoms with Crippen LogP contribution in [0.15, 0.2) is 24.3 Å². The molecular formula is C16H20N4O. The van der Waals surface area contributed by atoms with Crippen LogP contribution in [-0.4, -0.2) is 34.4 Å². The van der Waals surface area contributed by atoms with Gasteiger partial charge in [-0.25, -0.2) is 4.98 Å². The highest BCUT2D eigenvalue weighted by Crippen LogP contribution is 2.38. The number of rotatable bonds is 4. The molecule has 21 heavy (non-hydrogen) atoms. The summed E-state index contributed by atoms with van der Waals surface area (Å²) >= 11 is 0. The first-order valence-electron chi connectivity index (χ1n) is 7.75. The lowest BCUT2D eigenvalue weighted by Gasteiger charge is -2.24. The maximum Gasteiger partial charge on any atom is 0.181 e. The number of anilines is 1. The second-order valence-corrected chi connectivity index (χ2v) is 5.95. The average Bonchev–Trinajstić information content (AvgIpc) is 3.27. The number of aromatic nitrogens is 3. The molecular weight excluding hydrogens is 264 g/mol. The molecule has 2 heterocycles. The summed E-state index contributed by atoms with van der Waals surface area (Å²) in [5.41, 5.74) is 2.19. The van der Waals surface area contributed by atoms with Gasteiger partial charge in [0.25, 0.3) is 0 Å². The van der Waals surface area contributed by atoms with Gasteiger partial charge in [-0.1, -0.05) is 0 Å². The van der Waals surface area contributed by atoms with Crippen LogP contribution in [0.25, 0.3) is 11.4 Å². The van der Waals surface area contributed by atoms with Crippen molar-refractivity contribution in [1.82, 2.24) is 15.2 Å². The Bertz CT molecular complexity index is 597. The minimum atomic E-state index is 0.426. The van der Waals surface area contributed by atoms with Crippen LogP contribution >= 0.6 is 0 Å². The van der Waals surface area contributed by atoms with Crippen LogP contribution in [0.2, 0.25) is 0 Å². The predicted octanol–water partition coefficient (Wildman–Crippen LogP) is 2.94. The molecule has 1 saturated heterocycles. The Morgan fingerprint density at radius 3 is 2.71 bits per heavy atom. The molecule has 2 aromatic rings. The summed E-state index contributed by atoms with van der Waals surface area (Å²) in [6.07, 6.45) is 4.78. The molecule has 0 spiro atoms. The number of hydrogen-bond acceptors (Lipinski definition) is 4. The van der Waals surface area contributed by atoms with E-state index in [1.807, 2.05) is 0 Å². The number of hydrogen-bond donors (Lipinski definition) is 2. The van der Waals surface area contributed by atoms with Crippen molar-refractivity contribution in [3.05, 3.63) is 30.1 Å². The normalized spacial score (nSPS) is 22.2. The minimum Gasteiger partial charge on any atom is -0.380 e. The minimum absolute atomic E-state index is 0.426. The Hall–Kier alpha value is -1.88.